The molecule has 2 rings (SSSR count). The van der Waals surface area contributed by atoms with Crippen LogP contribution in [0.2, 0.25) is 0 Å². The highest BCUT2D eigenvalue weighted by atomic mass is 32.2. The first-order valence-electron chi connectivity index (χ1n) is 5.90. The molecule has 92 valence electrons. The second-order valence-electron chi connectivity index (χ2n) is 4.13. The van der Waals surface area contributed by atoms with Crippen LogP contribution in [-0.4, -0.2) is 35.2 Å². The van der Waals surface area contributed by atoms with Gasteiger partial charge in [0.1, 0.15) is 0 Å². The molecule has 1 aromatic rings. The molecule has 1 fully saturated rings. The molecule has 0 unspecified atom stereocenters. The zero-order valence-corrected chi connectivity index (χ0v) is 10.7. The summed E-state index contributed by atoms with van der Waals surface area (Å²) in [4.78, 5) is 13.5. The lowest BCUT2D eigenvalue weighted by atomic mass is 10.1. The van der Waals surface area contributed by atoms with Crippen LogP contribution in [0.4, 0.5) is 5.69 Å². The van der Waals surface area contributed by atoms with Crippen LogP contribution < -0.4 is 4.90 Å². The van der Waals surface area contributed by atoms with Crippen LogP contribution in [0, 0.1) is 0 Å². The van der Waals surface area contributed by atoms with E-state index in [-0.39, 0.29) is 0 Å². The standard InChI is InChI=1S/C13H17NO2S/c1-2-14(10-7-8-17-9-10)12-6-4-3-5-11(12)13(15)16/h3-6,10H,2,7-9H2,1H3,(H,15,16)/t10-/m0/s1. The highest BCUT2D eigenvalue weighted by Gasteiger charge is 2.24. The molecule has 4 heteroatoms. The Morgan fingerprint density at radius 2 is 2.29 bits per heavy atom. The molecule has 0 aromatic heterocycles. The number of para-hydroxylation sites is 1. The lowest BCUT2D eigenvalue weighted by Crippen LogP contribution is -2.36. The Morgan fingerprint density at radius 1 is 1.53 bits per heavy atom. The van der Waals surface area contributed by atoms with Gasteiger partial charge in [-0.05, 0) is 31.2 Å². The van der Waals surface area contributed by atoms with Crippen LogP contribution in [0.15, 0.2) is 24.3 Å². The molecule has 0 spiro atoms. The van der Waals surface area contributed by atoms with Crippen LogP contribution in [0.3, 0.4) is 0 Å². The lowest BCUT2D eigenvalue weighted by Gasteiger charge is -2.30. The summed E-state index contributed by atoms with van der Waals surface area (Å²) in [6, 6.07) is 7.76. The van der Waals surface area contributed by atoms with Gasteiger partial charge in [0.2, 0.25) is 0 Å². The Kier molecular flexibility index (Phi) is 3.94. The Labute approximate surface area is 106 Å². The van der Waals surface area contributed by atoms with Crippen molar-refractivity contribution in [3.63, 3.8) is 0 Å². The number of carboxylic acids is 1. The quantitative estimate of drug-likeness (QED) is 0.893. The minimum absolute atomic E-state index is 0.409. The average Bonchev–Trinajstić information content (AvgIpc) is 2.84. The second kappa shape index (κ2) is 5.45. The zero-order chi connectivity index (χ0) is 12.3. The molecule has 17 heavy (non-hydrogen) atoms. The van der Waals surface area contributed by atoms with Gasteiger partial charge in [-0.15, -0.1) is 0 Å². The normalized spacial score (nSPS) is 19.2. The number of aromatic carboxylic acids is 1. The SMILES string of the molecule is CCN(c1ccccc1C(=O)O)[C@H]1CCSC1. The third-order valence-corrected chi connectivity index (χ3v) is 4.28. The summed E-state index contributed by atoms with van der Waals surface area (Å²) in [7, 11) is 0. The van der Waals surface area contributed by atoms with Crippen LogP contribution in [0.5, 0.6) is 0 Å². The van der Waals surface area contributed by atoms with E-state index < -0.39 is 5.97 Å². The maximum Gasteiger partial charge on any atom is 0.337 e. The van der Waals surface area contributed by atoms with E-state index in [4.69, 9.17) is 0 Å². The highest BCUT2D eigenvalue weighted by molar-refractivity contribution is 7.99. The molecule has 0 amide bonds. The van der Waals surface area contributed by atoms with Gasteiger partial charge < -0.3 is 10.0 Å². The van der Waals surface area contributed by atoms with Gasteiger partial charge in [0.25, 0.3) is 0 Å². The van der Waals surface area contributed by atoms with Gasteiger partial charge in [-0.3, -0.25) is 0 Å². The van der Waals surface area contributed by atoms with Crippen molar-refractivity contribution in [1.29, 1.82) is 0 Å². The van der Waals surface area contributed by atoms with Crippen molar-refractivity contribution in [2.24, 2.45) is 0 Å². The highest BCUT2D eigenvalue weighted by Crippen LogP contribution is 2.29. The van der Waals surface area contributed by atoms with Gasteiger partial charge in [0, 0.05) is 18.3 Å². The molecule has 1 aliphatic heterocycles. The Morgan fingerprint density at radius 3 is 2.88 bits per heavy atom. The number of hydrogen-bond donors (Lipinski definition) is 1. The van der Waals surface area contributed by atoms with Crippen LogP contribution >= 0.6 is 11.8 Å². The summed E-state index contributed by atoms with van der Waals surface area (Å²) >= 11 is 1.95. The van der Waals surface area contributed by atoms with Crippen LogP contribution in [0.25, 0.3) is 0 Å². The van der Waals surface area contributed by atoms with Gasteiger partial charge >= 0.3 is 5.97 Å². The number of thioether (sulfide) groups is 1. The third-order valence-electron chi connectivity index (χ3n) is 3.13. The van der Waals surface area contributed by atoms with Gasteiger partial charge in [-0.25, -0.2) is 4.79 Å². The van der Waals surface area contributed by atoms with E-state index in [1.165, 1.54) is 5.75 Å². The average molecular weight is 251 g/mol. The molecule has 0 bridgehead atoms. The van der Waals surface area contributed by atoms with Crippen molar-refractivity contribution in [1.82, 2.24) is 0 Å². The van der Waals surface area contributed by atoms with Gasteiger partial charge in [0.15, 0.2) is 0 Å². The molecular weight excluding hydrogens is 234 g/mol. The number of carboxylic acid groups (broad SMARTS) is 1. The summed E-state index contributed by atoms with van der Waals surface area (Å²) in [5.41, 5.74) is 1.27. The molecule has 1 heterocycles. The predicted octanol–water partition coefficient (Wildman–Crippen LogP) is 2.72. The first-order chi connectivity index (χ1) is 8.24. The Balaban J connectivity index is 2.32. The number of anilines is 1. The maximum absolute atomic E-state index is 11.2. The van der Waals surface area contributed by atoms with Gasteiger partial charge in [-0.1, -0.05) is 12.1 Å². The lowest BCUT2D eigenvalue weighted by molar-refractivity contribution is 0.0697. The molecule has 0 radical (unpaired) electrons. The fraction of sp³-hybridized carbons (Fsp3) is 0.462. The van der Waals surface area contributed by atoms with E-state index in [2.05, 4.69) is 11.8 Å². The van der Waals surface area contributed by atoms with E-state index in [1.54, 1.807) is 12.1 Å². The van der Waals surface area contributed by atoms with Gasteiger partial charge in [-0.2, -0.15) is 11.8 Å². The van der Waals surface area contributed by atoms with E-state index >= 15 is 0 Å². The minimum atomic E-state index is -0.843. The summed E-state index contributed by atoms with van der Waals surface area (Å²) < 4.78 is 0. The molecule has 1 N–H and O–H groups in total. The molecule has 3 nitrogen and oxygen atoms in total. The van der Waals surface area contributed by atoms with Crippen molar-refractivity contribution in [2.45, 2.75) is 19.4 Å². The Hall–Kier alpha value is -1.16. The van der Waals surface area contributed by atoms with E-state index in [1.807, 2.05) is 23.9 Å². The summed E-state index contributed by atoms with van der Waals surface area (Å²) in [5, 5.41) is 9.22. The number of nitrogens with zero attached hydrogens (tertiary/aromatic N) is 1. The number of benzene rings is 1. The molecule has 0 saturated carbocycles. The van der Waals surface area contributed by atoms with Crippen LogP contribution in [-0.2, 0) is 0 Å². The summed E-state index contributed by atoms with van der Waals surface area (Å²) in [5.74, 6) is 1.43. The predicted molar refractivity (Wildman–Crippen MR) is 72.2 cm³/mol. The van der Waals surface area contributed by atoms with Gasteiger partial charge in [0.05, 0.1) is 11.3 Å². The zero-order valence-electron chi connectivity index (χ0n) is 9.93. The fourth-order valence-electron chi connectivity index (χ4n) is 2.30. The third kappa shape index (κ3) is 2.57. The fourth-order valence-corrected chi connectivity index (χ4v) is 3.52. The van der Waals surface area contributed by atoms with Crippen molar-refractivity contribution >= 4 is 23.4 Å². The van der Waals surface area contributed by atoms with Crippen molar-refractivity contribution < 1.29 is 9.90 Å². The van der Waals surface area contributed by atoms with Crippen molar-refractivity contribution in [3.05, 3.63) is 29.8 Å². The molecule has 1 atom stereocenters. The molecule has 1 aromatic carbocycles. The molecular formula is C13H17NO2S. The second-order valence-corrected chi connectivity index (χ2v) is 5.28. The molecule has 1 aliphatic rings. The Bertz CT molecular complexity index is 402. The summed E-state index contributed by atoms with van der Waals surface area (Å²) in [6.45, 7) is 2.94. The van der Waals surface area contributed by atoms with Crippen molar-refractivity contribution in [3.8, 4) is 0 Å². The number of rotatable bonds is 4. The summed E-state index contributed by atoms with van der Waals surface area (Å²) in [6.07, 6.45) is 1.15. The van der Waals surface area contributed by atoms with E-state index in [9.17, 15) is 9.90 Å². The first kappa shape index (κ1) is 12.3. The molecule has 1 saturated heterocycles. The smallest absolute Gasteiger partial charge is 0.337 e. The number of carbonyl (C=O) groups is 1. The van der Waals surface area contributed by atoms with E-state index in [0.717, 1.165) is 24.4 Å². The topological polar surface area (TPSA) is 40.5 Å². The van der Waals surface area contributed by atoms with E-state index in [0.29, 0.717) is 11.6 Å². The monoisotopic (exact) mass is 251 g/mol. The van der Waals surface area contributed by atoms with Crippen molar-refractivity contribution in [2.75, 3.05) is 23.0 Å². The first-order valence-corrected chi connectivity index (χ1v) is 7.06. The largest absolute Gasteiger partial charge is 0.478 e. The maximum atomic E-state index is 11.2. The van der Waals surface area contributed by atoms with Crippen LogP contribution in [0.1, 0.15) is 23.7 Å². The molecule has 0 aliphatic carbocycles. The number of hydrogen-bond acceptors (Lipinski definition) is 3. The minimum Gasteiger partial charge on any atom is -0.478 e.